The van der Waals surface area contributed by atoms with Gasteiger partial charge in [-0.1, -0.05) is 44.2 Å². The quantitative estimate of drug-likeness (QED) is 0.740. The normalized spacial score (nSPS) is 10.0. The van der Waals surface area contributed by atoms with Crippen LogP contribution in [0, 0.1) is 6.92 Å². The van der Waals surface area contributed by atoms with Crippen LogP contribution in [0.4, 0.5) is 0 Å². The third-order valence-corrected chi connectivity index (χ3v) is 3.38. The summed E-state index contributed by atoms with van der Waals surface area (Å²) in [7, 11) is 0. The Kier molecular flexibility index (Phi) is 5.92. The summed E-state index contributed by atoms with van der Waals surface area (Å²) in [6, 6.07) is 13.5. The molecular formula is C19H23N3O. The molecule has 0 unspecified atom stereocenters. The lowest BCUT2D eigenvalue weighted by atomic mass is 10.1. The lowest BCUT2D eigenvalue weighted by Gasteiger charge is -2.07. The molecule has 0 aliphatic heterocycles. The van der Waals surface area contributed by atoms with Crippen LogP contribution in [0.15, 0.2) is 65.8 Å². The Hall–Kier alpha value is -2.62. The topological polar surface area (TPSA) is 39.8 Å². The molecule has 23 heavy (non-hydrogen) atoms. The van der Waals surface area contributed by atoms with Gasteiger partial charge in [0.05, 0.1) is 19.3 Å². The molecule has 4 nitrogen and oxygen atoms in total. The van der Waals surface area contributed by atoms with Gasteiger partial charge in [-0.15, -0.1) is 0 Å². The Bertz CT molecular complexity index is 785. The highest BCUT2D eigenvalue weighted by molar-refractivity contribution is 5.23. The molecular weight excluding hydrogens is 286 g/mol. The zero-order valence-corrected chi connectivity index (χ0v) is 13.9. The predicted molar refractivity (Wildman–Crippen MR) is 93.7 cm³/mol. The standard InChI is InChI=1S/C17H17N3O.C2H6/c1-14-10-18-20(11-14)13-16-7-5-15(6-8-16)12-19-9-3-2-4-17(19)21;1-2/h2-11H,12-13H2,1H3;1-2H3. The van der Waals surface area contributed by atoms with Crippen molar-refractivity contribution in [2.45, 2.75) is 33.9 Å². The summed E-state index contributed by atoms with van der Waals surface area (Å²) in [5, 5.41) is 4.28. The molecule has 0 N–H and O–H groups in total. The molecule has 0 radical (unpaired) electrons. The Morgan fingerprint density at radius 1 is 0.957 bits per heavy atom. The van der Waals surface area contributed by atoms with Crippen LogP contribution in [0.2, 0.25) is 0 Å². The highest BCUT2D eigenvalue weighted by Crippen LogP contribution is 2.08. The van der Waals surface area contributed by atoms with Gasteiger partial charge in [-0.05, 0) is 29.7 Å². The first-order valence-electron chi connectivity index (χ1n) is 7.93. The summed E-state index contributed by atoms with van der Waals surface area (Å²) in [5.41, 5.74) is 3.50. The van der Waals surface area contributed by atoms with Gasteiger partial charge in [0.15, 0.2) is 0 Å². The summed E-state index contributed by atoms with van der Waals surface area (Å²) in [5.74, 6) is 0. The number of pyridine rings is 1. The Morgan fingerprint density at radius 2 is 1.61 bits per heavy atom. The minimum absolute atomic E-state index is 0.0218. The molecule has 0 aliphatic carbocycles. The third kappa shape index (κ3) is 4.68. The van der Waals surface area contributed by atoms with E-state index in [2.05, 4.69) is 29.4 Å². The van der Waals surface area contributed by atoms with Crippen LogP contribution >= 0.6 is 0 Å². The van der Waals surface area contributed by atoms with E-state index in [1.807, 2.05) is 50.1 Å². The molecule has 0 saturated heterocycles. The number of benzene rings is 1. The summed E-state index contributed by atoms with van der Waals surface area (Å²) < 4.78 is 3.62. The predicted octanol–water partition coefficient (Wildman–Crippen LogP) is 3.48. The number of rotatable bonds is 4. The zero-order chi connectivity index (χ0) is 16.7. The van der Waals surface area contributed by atoms with Crippen molar-refractivity contribution in [3.63, 3.8) is 0 Å². The van der Waals surface area contributed by atoms with Gasteiger partial charge >= 0.3 is 0 Å². The summed E-state index contributed by atoms with van der Waals surface area (Å²) in [4.78, 5) is 11.7. The van der Waals surface area contributed by atoms with Crippen molar-refractivity contribution in [3.8, 4) is 0 Å². The van der Waals surface area contributed by atoms with E-state index in [4.69, 9.17) is 0 Å². The van der Waals surface area contributed by atoms with E-state index in [0.717, 1.165) is 17.7 Å². The van der Waals surface area contributed by atoms with Crippen LogP contribution in [0.25, 0.3) is 0 Å². The molecule has 120 valence electrons. The van der Waals surface area contributed by atoms with Crippen molar-refractivity contribution in [2.75, 3.05) is 0 Å². The van der Waals surface area contributed by atoms with Crippen molar-refractivity contribution in [1.82, 2.24) is 14.3 Å². The maximum atomic E-state index is 11.7. The van der Waals surface area contributed by atoms with Crippen molar-refractivity contribution < 1.29 is 0 Å². The van der Waals surface area contributed by atoms with Crippen LogP contribution in [0.3, 0.4) is 0 Å². The van der Waals surface area contributed by atoms with Gasteiger partial charge < -0.3 is 4.57 Å². The largest absolute Gasteiger partial charge is 0.311 e. The van der Waals surface area contributed by atoms with Gasteiger partial charge in [-0.3, -0.25) is 9.48 Å². The molecule has 0 fully saturated rings. The molecule has 0 aliphatic rings. The van der Waals surface area contributed by atoms with Crippen LogP contribution in [0.1, 0.15) is 30.5 Å². The van der Waals surface area contributed by atoms with Gasteiger partial charge in [0.2, 0.25) is 0 Å². The first-order valence-corrected chi connectivity index (χ1v) is 7.93. The first kappa shape index (κ1) is 16.7. The number of nitrogens with zero attached hydrogens (tertiary/aromatic N) is 3. The fraction of sp³-hybridized carbons (Fsp3) is 0.263. The maximum absolute atomic E-state index is 11.7. The monoisotopic (exact) mass is 309 g/mol. The van der Waals surface area contributed by atoms with Crippen LogP contribution in [-0.4, -0.2) is 14.3 Å². The summed E-state index contributed by atoms with van der Waals surface area (Å²) in [6.45, 7) is 7.39. The zero-order valence-electron chi connectivity index (χ0n) is 13.9. The molecule has 0 atom stereocenters. The van der Waals surface area contributed by atoms with E-state index in [1.165, 1.54) is 5.56 Å². The van der Waals surface area contributed by atoms with E-state index < -0.39 is 0 Å². The maximum Gasteiger partial charge on any atom is 0.250 e. The smallest absolute Gasteiger partial charge is 0.250 e. The van der Waals surface area contributed by atoms with Gasteiger partial charge in [0.25, 0.3) is 5.56 Å². The van der Waals surface area contributed by atoms with Gasteiger partial charge in [-0.2, -0.15) is 5.10 Å². The Morgan fingerprint density at radius 3 is 2.17 bits per heavy atom. The molecule has 3 rings (SSSR count). The number of hydrogen-bond donors (Lipinski definition) is 0. The average molecular weight is 309 g/mol. The molecule has 3 aromatic rings. The highest BCUT2D eigenvalue weighted by Gasteiger charge is 2.00. The highest BCUT2D eigenvalue weighted by atomic mass is 16.1. The van der Waals surface area contributed by atoms with E-state index in [-0.39, 0.29) is 5.56 Å². The summed E-state index contributed by atoms with van der Waals surface area (Å²) in [6.07, 6.45) is 5.69. The van der Waals surface area contributed by atoms with Crippen molar-refractivity contribution >= 4 is 0 Å². The third-order valence-electron chi connectivity index (χ3n) is 3.38. The molecule has 1 aromatic carbocycles. The molecule has 0 amide bonds. The Labute approximate surface area is 137 Å². The SMILES string of the molecule is CC.Cc1cnn(Cc2ccc(Cn3ccccc3=O)cc2)c1. The van der Waals surface area contributed by atoms with Gasteiger partial charge in [0.1, 0.15) is 0 Å². The van der Waals surface area contributed by atoms with Crippen LogP contribution < -0.4 is 5.56 Å². The second kappa shape index (κ2) is 8.13. The first-order chi connectivity index (χ1) is 11.2. The lowest BCUT2D eigenvalue weighted by Crippen LogP contribution is -2.18. The van der Waals surface area contributed by atoms with E-state index in [9.17, 15) is 4.79 Å². The molecule has 0 saturated carbocycles. The van der Waals surface area contributed by atoms with Crippen molar-refractivity contribution in [1.29, 1.82) is 0 Å². The number of hydrogen-bond acceptors (Lipinski definition) is 2. The number of aromatic nitrogens is 3. The minimum atomic E-state index is 0.0218. The van der Waals surface area contributed by atoms with Crippen LogP contribution in [0.5, 0.6) is 0 Å². The molecule has 2 aromatic heterocycles. The van der Waals surface area contributed by atoms with Gasteiger partial charge in [0, 0.05) is 18.5 Å². The fourth-order valence-electron chi connectivity index (χ4n) is 2.28. The second-order valence-corrected chi connectivity index (χ2v) is 5.20. The van der Waals surface area contributed by atoms with E-state index in [1.54, 1.807) is 16.7 Å². The molecule has 2 heterocycles. The van der Waals surface area contributed by atoms with Crippen LogP contribution in [-0.2, 0) is 13.1 Å². The fourth-order valence-corrected chi connectivity index (χ4v) is 2.28. The second-order valence-electron chi connectivity index (χ2n) is 5.20. The lowest BCUT2D eigenvalue weighted by molar-refractivity contribution is 0.685. The number of aryl methyl sites for hydroxylation is 1. The van der Waals surface area contributed by atoms with Crippen molar-refractivity contribution in [2.24, 2.45) is 0 Å². The van der Waals surface area contributed by atoms with Gasteiger partial charge in [-0.25, -0.2) is 0 Å². The molecule has 0 spiro atoms. The molecule has 4 heteroatoms. The van der Waals surface area contributed by atoms with E-state index >= 15 is 0 Å². The van der Waals surface area contributed by atoms with Crippen molar-refractivity contribution in [3.05, 3.63) is 88.1 Å². The summed E-state index contributed by atoms with van der Waals surface area (Å²) >= 11 is 0. The average Bonchev–Trinajstić information content (AvgIpc) is 2.98. The van der Waals surface area contributed by atoms with E-state index in [0.29, 0.717) is 6.54 Å². The molecule has 0 bridgehead atoms. The Balaban J connectivity index is 0.000000924. The minimum Gasteiger partial charge on any atom is -0.311 e.